The van der Waals surface area contributed by atoms with E-state index in [-0.39, 0.29) is 4.47 Å². The molecule has 0 aliphatic heterocycles. The predicted molar refractivity (Wildman–Crippen MR) is 52.2 cm³/mol. The van der Waals surface area contributed by atoms with E-state index < -0.39 is 29.0 Å². The zero-order valence-electron chi connectivity index (χ0n) is 7.61. The minimum Gasteiger partial charge on any atom is -0.292 e. The molecule has 0 saturated carbocycles. The van der Waals surface area contributed by atoms with Crippen molar-refractivity contribution < 1.29 is 18.4 Å². The zero-order valence-corrected chi connectivity index (χ0v) is 9.19. The highest BCUT2D eigenvalue weighted by molar-refractivity contribution is 9.10. The van der Waals surface area contributed by atoms with Crippen molar-refractivity contribution in [2.24, 2.45) is 0 Å². The summed E-state index contributed by atoms with van der Waals surface area (Å²) in [6, 6.07) is 1.89. The van der Waals surface area contributed by atoms with Gasteiger partial charge in [0, 0.05) is 11.4 Å². The lowest BCUT2D eigenvalue weighted by Gasteiger charge is -2.04. The van der Waals surface area contributed by atoms with Crippen molar-refractivity contribution in [2.45, 2.75) is 6.92 Å². The average molecular weight is 278 g/mol. The quantitative estimate of drug-likeness (QED) is 0.854. The second-order valence-corrected chi connectivity index (χ2v) is 3.67. The van der Waals surface area contributed by atoms with Crippen LogP contribution >= 0.6 is 15.9 Å². The number of nitrogens with one attached hydrogen (secondary N) is 1. The molecule has 2 amide bonds. The van der Waals surface area contributed by atoms with Crippen LogP contribution in [0, 0.1) is 11.6 Å². The second kappa shape index (κ2) is 4.48. The molecular formula is C9H6BrF2NO2. The number of benzene rings is 1. The van der Waals surface area contributed by atoms with Gasteiger partial charge in [0.05, 0.1) is 0 Å². The van der Waals surface area contributed by atoms with Gasteiger partial charge >= 0.3 is 0 Å². The molecule has 0 heterocycles. The van der Waals surface area contributed by atoms with E-state index in [0.717, 1.165) is 19.1 Å². The van der Waals surface area contributed by atoms with Gasteiger partial charge in [0.2, 0.25) is 5.91 Å². The SMILES string of the molecule is CC(=O)NC(=O)c1c(F)cc(Br)cc1F. The third kappa shape index (κ3) is 2.82. The maximum absolute atomic E-state index is 13.2. The largest absolute Gasteiger partial charge is 0.292 e. The Labute approximate surface area is 92.6 Å². The van der Waals surface area contributed by atoms with Gasteiger partial charge in [-0.25, -0.2) is 8.78 Å². The first kappa shape index (κ1) is 11.8. The van der Waals surface area contributed by atoms with Crippen molar-refractivity contribution >= 4 is 27.7 Å². The number of carbonyl (C=O) groups is 2. The minimum atomic E-state index is -1.09. The van der Waals surface area contributed by atoms with Crippen LogP contribution in [0.25, 0.3) is 0 Å². The van der Waals surface area contributed by atoms with Crippen LogP contribution < -0.4 is 5.32 Å². The Morgan fingerprint density at radius 2 is 1.73 bits per heavy atom. The molecule has 1 N–H and O–H groups in total. The maximum Gasteiger partial charge on any atom is 0.263 e. The summed E-state index contributed by atoms with van der Waals surface area (Å²) in [4.78, 5) is 21.7. The third-order valence-electron chi connectivity index (χ3n) is 1.52. The van der Waals surface area contributed by atoms with Gasteiger partial charge in [-0.3, -0.25) is 14.9 Å². The molecule has 0 atom stereocenters. The Balaban J connectivity index is 3.14. The van der Waals surface area contributed by atoms with Gasteiger partial charge in [0.1, 0.15) is 17.2 Å². The van der Waals surface area contributed by atoms with Gasteiger partial charge in [-0.05, 0) is 12.1 Å². The lowest BCUT2D eigenvalue weighted by atomic mass is 10.2. The first-order valence-electron chi connectivity index (χ1n) is 3.88. The van der Waals surface area contributed by atoms with E-state index in [9.17, 15) is 18.4 Å². The van der Waals surface area contributed by atoms with Gasteiger partial charge in [0.25, 0.3) is 5.91 Å². The molecule has 1 aromatic carbocycles. The van der Waals surface area contributed by atoms with Crippen molar-refractivity contribution in [1.82, 2.24) is 5.32 Å². The van der Waals surface area contributed by atoms with E-state index in [2.05, 4.69) is 15.9 Å². The zero-order chi connectivity index (χ0) is 11.6. The van der Waals surface area contributed by atoms with Crippen LogP contribution in [0.3, 0.4) is 0 Å². The molecular weight excluding hydrogens is 272 g/mol. The number of halogens is 3. The Hall–Kier alpha value is -1.30. The summed E-state index contributed by atoms with van der Waals surface area (Å²) in [5, 5.41) is 1.79. The van der Waals surface area contributed by atoms with E-state index in [1.165, 1.54) is 0 Å². The summed E-state index contributed by atoms with van der Waals surface area (Å²) in [5.74, 6) is -3.83. The van der Waals surface area contributed by atoms with Crippen LogP contribution in [0.2, 0.25) is 0 Å². The number of carbonyl (C=O) groups excluding carboxylic acids is 2. The van der Waals surface area contributed by atoms with E-state index in [0.29, 0.717) is 0 Å². The fourth-order valence-corrected chi connectivity index (χ4v) is 1.38. The minimum absolute atomic E-state index is 0.178. The molecule has 0 aromatic heterocycles. The van der Waals surface area contributed by atoms with E-state index in [1.807, 2.05) is 0 Å². The molecule has 80 valence electrons. The summed E-state index contributed by atoms with van der Waals surface area (Å²) >= 11 is 2.87. The van der Waals surface area contributed by atoms with Gasteiger partial charge < -0.3 is 0 Å². The normalized spacial score (nSPS) is 9.87. The van der Waals surface area contributed by atoms with Crippen LogP contribution in [0.15, 0.2) is 16.6 Å². The second-order valence-electron chi connectivity index (χ2n) is 2.75. The smallest absolute Gasteiger partial charge is 0.263 e. The van der Waals surface area contributed by atoms with Crippen molar-refractivity contribution in [1.29, 1.82) is 0 Å². The number of rotatable bonds is 1. The third-order valence-corrected chi connectivity index (χ3v) is 1.98. The first-order valence-corrected chi connectivity index (χ1v) is 4.67. The summed E-state index contributed by atoms with van der Waals surface area (Å²) in [5.41, 5.74) is -0.770. The van der Waals surface area contributed by atoms with Crippen LogP contribution in [0.4, 0.5) is 8.78 Å². The molecule has 0 spiro atoms. The topological polar surface area (TPSA) is 46.2 Å². The number of imide groups is 1. The summed E-state index contributed by atoms with van der Waals surface area (Å²) < 4.78 is 26.5. The number of hydrogen-bond donors (Lipinski definition) is 1. The molecule has 0 saturated heterocycles. The average Bonchev–Trinajstić information content (AvgIpc) is 1.99. The highest BCUT2D eigenvalue weighted by Gasteiger charge is 2.18. The fourth-order valence-electron chi connectivity index (χ4n) is 0.981. The molecule has 0 aliphatic carbocycles. The molecule has 0 aliphatic rings. The lowest BCUT2D eigenvalue weighted by Crippen LogP contribution is -2.29. The van der Waals surface area contributed by atoms with Crippen molar-refractivity contribution in [2.75, 3.05) is 0 Å². The Morgan fingerprint density at radius 1 is 1.27 bits per heavy atom. The molecule has 15 heavy (non-hydrogen) atoms. The molecule has 6 heteroatoms. The van der Waals surface area contributed by atoms with E-state index >= 15 is 0 Å². The van der Waals surface area contributed by atoms with Crippen LogP contribution in [0.1, 0.15) is 17.3 Å². The Morgan fingerprint density at radius 3 is 2.13 bits per heavy atom. The highest BCUT2D eigenvalue weighted by Crippen LogP contribution is 2.19. The fraction of sp³-hybridized carbons (Fsp3) is 0.111. The van der Waals surface area contributed by atoms with Crippen LogP contribution in [-0.4, -0.2) is 11.8 Å². The molecule has 0 radical (unpaired) electrons. The molecule has 1 rings (SSSR count). The van der Waals surface area contributed by atoms with Gasteiger partial charge in [0.15, 0.2) is 0 Å². The molecule has 3 nitrogen and oxygen atoms in total. The van der Waals surface area contributed by atoms with E-state index in [4.69, 9.17) is 0 Å². The summed E-state index contributed by atoms with van der Waals surface area (Å²) in [6.45, 7) is 1.08. The van der Waals surface area contributed by atoms with Crippen molar-refractivity contribution in [3.8, 4) is 0 Å². The summed E-state index contributed by atoms with van der Waals surface area (Å²) in [6.07, 6.45) is 0. The maximum atomic E-state index is 13.2. The van der Waals surface area contributed by atoms with Gasteiger partial charge in [-0.1, -0.05) is 15.9 Å². The monoisotopic (exact) mass is 277 g/mol. The van der Waals surface area contributed by atoms with Gasteiger partial charge in [-0.15, -0.1) is 0 Å². The number of hydrogen-bond acceptors (Lipinski definition) is 2. The molecule has 1 aromatic rings. The summed E-state index contributed by atoms with van der Waals surface area (Å²) in [7, 11) is 0. The van der Waals surface area contributed by atoms with Crippen molar-refractivity contribution in [3.05, 3.63) is 33.8 Å². The molecule has 0 bridgehead atoms. The van der Waals surface area contributed by atoms with Gasteiger partial charge in [-0.2, -0.15) is 0 Å². The highest BCUT2D eigenvalue weighted by atomic mass is 79.9. The van der Waals surface area contributed by atoms with Crippen molar-refractivity contribution in [3.63, 3.8) is 0 Å². The Kier molecular flexibility index (Phi) is 3.52. The van der Waals surface area contributed by atoms with Crippen LogP contribution in [0.5, 0.6) is 0 Å². The lowest BCUT2D eigenvalue weighted by molar-refractivity contribution is -0.118. The standard InChI is InChI=1S/C9H6BrF2NO2/c1-4(14)13-9(15)8-6(11)2-5(10)3-7(8)12/h2-3H,1H3,(H,13,14,15). The predicted octanol–water partition coefficient (Wildman–Crippen LogP) is 2.00. The molecule has 0 fully saturated rings. The van der Waals surface area contributed by atoms with Crippen LogP contribution in [-0.2, 0) is 4.79 Å². The first-order chi connectivity index (χ1) is 6.91. The number of amides is 2. The Bertz CT molecular complexity index is 411. The van der Waals surface area contributed by atoms with E-state index in [1.54, 1.807) is 5.32 Å². The molecule has 0 unspecified atom stereocenters.